The number of amides is 1. The molecule has 6 nitrogen and oxygen atoms in total. The number of anilines is 1. The number of carbonyl (C=O) groups is 2. The summed E-state index contributed by atoms with van der Waals surface area (Å²) in [5, 5.41) is 14.0. The van der Waals surface area contributed by atoms with Crippen LogP contribution in [0.3, 0.4) is 0 Å². The Kier molecular flexibility index (Phi) is 6.88. The van der Waals surface area contributed by atoms with Gasteiger partial charge in [0.15, 0.2) is 5.13 Å². The fourth-order valence-corrected chi connectivity index (χ4v) is 6.73. The first-order valence-corrected chi connectivity index (χ1v) is 14.3. The summed E-state index contributed by atoms with van der Waals surface area (Å²) in [6.45, 7) is 10.2. The zero-order chi connectivity index (χ0) is 27.3. The molecule has 8 heteroatoms. The molecular formula is C30H30N2O4S2. The molecule has 3 heterocycles. The van der Waals surface area contributed by atoms with Crippen LogP contribution in [0.25, 0.3) is 16.0 Å². The van der Waals surface area contributed by atoms with Crippen molar-refractivity contribution in [2.45, 2.75) is 52.5 Å². The van der Waals surface area contributed by atoms with E-state index in [2.05, 4.69) is 19.9 Å². The van der Waals surface area contributed by atoms with Gasteiger partial charge in [-0.2, -0.15) is 0 Å². The maximum Gasteiger partial charge on any atom is 0.301 e. The van der Waals surface area contributed by atoms with Gasteiger partial charge in [-0.1, -0.05) is 51.2 Å². The summed E-state index contributed by atoms with van der Waals surface area (Å²) < 4.78 is 6.51. The summed E-state index contributed by atoms with van der Waals surface area (Å²) in [5.41, 5.74) is 4.20. The van der Waals surface area contributed by atoms with Gasteiger partial charge in [0.2, 0.25) is 0 Å². The number of ether oxygens (including phenoxy) is 1. The Balaban J connectivity index is 1.70. The fraction of sp³-hybridized carbons (Fsp3) is 0.300. The summed E-state index contributed by atoms with van der Waals surface area (Å²) in [6, 6.07) is 12.8. The van der Waals surface area contributed by atoms with Gasteiger partial charge in [-0.15, -0.1) is 11.3 Å². The average molecular weight is 547 g/mol. The van der Waals surface area contributed by atoms with Gasteiger partial charge in [-0.05, 0) is 71.2 Å². The van der Waals surface area contributed by atoms with Crippen molar-refractivity contribution in [3.8, 4) is 5.75 Å². The maximum atomic E-state index is 13.6. The van der Waals surface area contributed by atoms with Gasteiger partial charge in [0.25, 0.3) is 5.78 Å². The van der Waals surface area contributed by atoms with Crippen LogP contribution in [0.1, 0.15) is 72.7 Å². The number of Topliss-reactive ketones (excluding diaryl/α,β-unsaturated/α-hetero) is 1. The molecule has 5 rings (SSSR count). The maximum absolute atomic E-state index is 13.6. The number of fused-ring (bicyclic) bond motifs is 1. The second kappa shape index (κ2) is 10.0. The van der Waals surface area contributed by atoms with Gasteiger partial charge in [0.05, 0.1) is 22.9 Å². The third-order valence-electron chi connectivity index (χ3n) is 6.98. The number of ketones is 1. The topological polar surface area (TPSA) is 79.7 Å². The zero-order valence-electron chi connectivity index (χ0n) is 22.2. The van der Waals surface area contributed by atoms with Gasteiger partial charge < -0.3 is 9.84 Å². The molecular weight excluding hydrogens is 516 g/mol. The number of aliphatic hydroxyl groups excluding tert-OH is 1. The number of methoxy groups -OCH3 is 1. The lowest BCUT2D eigenvalue weighted by atomic mass is 9.92. The lowest BCUT2D eigenvalue weighted by Crippen LogP contribution is -2.28. The van der Waals surface area contributed by atoms with Crippen LogP contribution >= 0.6 is 22.7 Å². The Morgan fingerprint density at radius 2 is 1.84 bits per heavy atom. The van der Waals surface area contributed by atoms with Crippen molar-refractivity contribution >= 4 is 55.5 Å². The van der Waals surface area contributed by atoms with E-state index in [9.17, 15) is 14.7 Å². The lowest BCUT2D eigenvalue weighted by Gasteiger charge is -2.22. The molecule has 38 heavy (non-hydrogen) atoms. The van der Waals surface area contributed by atoms with E-state index in [0.29, 0.717) is 16.6 Å². The van der Waals surface area contributed by atoms with Gasteiger partial charge >= 0.3 is 5.91 Å². The van der Waals surface area contributed by atoms with E-state index in [1.54, 1.807) is 7.11 Å². The first-order chi connectivity index (χ1) is 18.1. The number of hydrogen-bond donors (Lipinski definition) is 1. The number of aliphatic hydroxyl groups is 1. The van der Waals surface area contributed by atoms with E-state index in [4.69, 9.17) is 9.72 Å². The summed E-state index contributed by atoms with van der Waals surface area (Å²) in [6.07, 6.45) is 0. The van der Waals surface area contributed by atoms with E-state index in [1.807, 2.05) is 62.5 Å². The molecule has 1 amide bonds. The number of thiophene rings is 1. The number of aromatic nitrogens is 1. The highest BCUT2D eigenvalue weighted by Crippen LogP contribution is 2.46. The third kappa shape index (κ3) is 4.31. The Hall–Kier alpha value is -3.49. The first kappa shape index (κ1) is 26.1. The summed E-state index contributed by atoms with van der Waals surface area (Å²) in [4.78, 5) is 34.1. The second-order valence-corrected chi connectivity index (χ2v) is 12.1. The molecule has 0 bridgehead atoms. The molecule has 0 aliphatic carbocycles. The van der Waals surface area contributed by atoms with Gasteiger partial charge in [0, 0.05) is 10.4 Å². The standard InChI is InChI=1S/C30H30N2O4S2/c1-15(2)18-9-10-21-24(13-18)38-30(31-21)32-26(23-8-7-11-37-23)25(28(34)29(32)35)27(33)20-14-19(16(3)4)22(36-6)12-17(20)5/h7-16,26,33H,1-6H3/b27-25+. The zero-order valence-corrected chi connectivity index (χ0v) is 23.9. The molecule has 1 saturated heterocycles. The van der Waals surface area contributed by atoms with Crippen LogP contribution in [0.5, 0.6) is 5.75 Å². The molecule has 1 aliphatic rings. The minimum Gasteiger partial charge on any atom is -0.507 e. The second-order valence-electron chi connectivity index (χ2n) is 10.1. The fourth-order valence-electron chi connectivity index (χ4n) is 4.86. The molecule has 0 radical (unpaired) electrons. The van der Waals surface area contributed by atoms with E-state index < -0.39 is 17.7 Å². The molecule has 4 aromatic rings. The van der Waals surface area contributed by atoms with E-state index >= 15 is 0 Å². The molecule has 0 spiro atoms. The molecule has 2 aromatic carbocycles. The minimum absolute atomic E-state index is 0.0718. The van der Waals surface area contributed by atoms with Crippen LogP contribution in [0, 0.1) is 6.92 Å². The van der Waals surface area contributed by atoms with E-state index in [-0.39, 0.29) is 17.3 Å². The summed E-state index contributed by atoms with van der Waals surface area (Å²) in [7, 11) is 1.62. The number of nitrogens with zero attached hydrogens (tertiary/aromatic N) is 2. The van der Waals surface area contributed by atoms with Gasteiger partial charge in [-0.25, -0.2) is 4.98 Å². The number of benzene rings is 2. The van der Waals surface area contributed by atoms with Crippen LogP contribution in [0.15, 0.2) is 53.4 Å². The van der Waals surface area contributed by atoms with Crippen LogP contribution in [0.4, 0.5) is 5.13 Å². The van der Waals surface area contributed by atoms with Gasteiger partial charge in [-0.3, -0.25) is 14.5 Å². The molecule has 196 valence electrons. The van der Waals surface area contributed by atoms with Crippen LogP contribution < -0.4 is 9.64 Å². The van der Waals surface area contributed by atoms with Crippen molar-refractivity contribution in [2.24, 2.45) is 0 Å². The highest BCUT2D eigenvalue weighted by molar-refractivity contribution is 7.22. The first-order valence-electron chi connectivity index (χ1n) is 12.6. The quantitative estimate of drug-likeness (QED) is 0.153. The SMILES string of the molecule is COc1cc(C)c(/C(O)=C2\C(=O)C(=O)N(c3nc4ccc(C(C)C)cc4s3)C2c2cccs2)cc1C(C)C. The smallest absolute Gasteiger partial charge is 0.301 e. The van der Waals surface area contributed by atoms with Crippen molar-refractivity contribution in [1.82, 2.24) is 4.98 Å². The summed E-state index contributed by atoms with van der Waals surface area (Å²) in [5.74, 6) is -0.387. The molecule has 1 aliphatic heterocycles. The highest BCUT2D eigenvalue weighted by atomic mass is 32.1. The van der Waals surface area contributed by atoms with E-state index in [1.165, 1.54) is 33.1 Å². The van der Waals surface area contributed by atoms with Crippen molar-refractivity contribution in [2.75, 3.05) is 12.0 Å². The number of thiazole rings is 1. The lowest BCUT2D eigenvalue weighted by molar-refractivity contribution is -0.132. The average Bonchev–Trinajstić information content (AvgIpc) is 3.61. The molecule has 1 unspecified atom stereocenters. The van der Waals surface area contributed by atoms with Gasteiger partial charge in [0.1, 0.15) is 17.6 Å². The molecule has 0 saturated carbocycles. The predicted molar refractivity (Wildman–Crippen MR) is 155 cm³/mol. The van der Waals surface area contributed by atoms with Crippen LogP contribution in [-0.2, 0) is 9.59 Å². The highest BCUT2D eigenvalue weighted by Gasteiger charge is 2.48. The Morgan fingerprint density at radius 3 is 2.47 bits per heavy atom. The number of carbonyl (C=O) groups excluding carboxylic acids is 2. The van der Waals surface area contributed by atoms with Crippen molar-refractivity contribution < 1.29 is 19.4 Å². The Bertz CT molecular complexity index is 1580. The van der Waals surface area contributed by atoms with Crippen molar-refractivity contribution in [3.63, 3.8) is 0 Å². The van der Waals surface area contributed by atoms with Crippen LogP contribution in [-0.4, -0.2) is 28.9 Å². The Labute approximate surface area is 230 Å². The predicted octanol–water partition coefficient (Wildman–Crippen LogP) is 7.55. The largest absolute Gasteiger partial charge is 0.507 e. The van der Waals surface area contributed by atoms with Crippen LogP contribution in [0.2, 0.25) is 0 Å². The van der Waals surface area contributed by atoms with Crippen molar-refractivity contribution in [3.05, 3.63) is 80.5 Å². The molecule has 1 atom stereocenters. The summed E-state index contributed by atoms with van der Waals surface area (Å²) >= 11 is 2.82. The molecule has 1 fully saturated rings. The minimum atomic E-state index is -0.774. The number of hydrogen-bond acceptors (Lipinski definition) is 7. The number of rotatable bonds is 6. The molecule has 2 aromatic heterocycles. The number of aryl methyl sites for hydroxylation is 1. The third-order valence-corrected chi connectivity index (χ3v) is 8.93. The van der Waals surface area contributed by atoms with E-state index in [0.717, 1.165) is 32.0 Å². The van der Waals surface area contributed by atoms with Crippen molar-refractivity contribution in [1.29, 1.82) is 0 Å². The monoisotopic (exact) mass is 546 g/mol. The molecule has 1 N–H and O–H groups in total. The Morgan fingerprint density at radius 1 is 1.08 bits per heavy atom. The normalized spacial score (nSPS) is 17.4.